The number of nitrogens with zero attached hydrogens (tertiary/aromatic N) is 7. The van der Waals surface area contributed by atoms with Crippen LogP contribution in [0.5, 0.6) is 0 Å². The molecule has 266 valence electrons. The maximum atomic E-state index is 9.71. The first-order chi connectivity index (χ1) is 28.2. The topological polar surface area (TPSA) is 101 Å². The van der Waals surface area contributed by atoms with Gasteiger partial charge in [0, 0.05) is 53.6 Å². The highest BCUT2D eigenvalue weighted by Crippen LogP contribution is 2.41. The Bertz CT molecular complexity index is 3060. The molecule has 3 heterocycles. The fourth-order valence-corrected chi connectivity index (χ4v) is 8.18. The van der Waals surface area contributed by atoms with Gasteiger partial charge in [-0.15, -0.1) is 11.3 Å². The molecule has 57 heavy (non-hydrogen) atoms. The van der Waals surface area contributed by atoms with E-state index in [0.717, 1.165) is 64.7 Å². The second-order valence-corrected chi connectivity index (χ2v) is 14.5. The van der Waals surface area contributed by atoms with Crippen molar-refractivity contribution in [2.24, 2.45) is 0 Å². The highest BCUT2D eigenvalue weighted by atomic mass is 32.1. The number of fused-ring (bicyclic) bond motifs is 3. The molecule has 10 rings (SSSR count). The molecule has 7 nitrogen and oxygen atoms in total. The van der Waals surface area contributed by atoms with E-state index in [-0.39, 0.29) is 0 Å². The third-order valence-electron chi connectivity index (χ3n) is 9.86. The zero-order valence-corrected chi connectivity index (χ0v) is 31.1. The third-order valence-corrected chi connectivity index (χ3v) is 11.0. The highest BCUT2D eigenvalue weighted by molar-refractivity contribution is 7.26. The Morgan fingerprint density at radius 2 is 0.789 bits per heavy atom. The van der Waals surface area contributed by atoms with E-state index in [1.165, 1.54) is 0 Å². The van der Waals surface area contributed by atoms with Crippen LogP contribution in [-0.2, 0) is 0 Å². The van der Waals surface area contributed by atoms with E-state index in [1.807, 2.05) is 140 Å². The maximum Gasteiger partial charge on any atom is 0.164 e. The average Bonchev–Trinajstić information content (AvgIpc) is 3.68. The predicted molar refractivity (Wildman–Crippen MR) is 229 cm³/mol. The molecule has 10 aromatic rings. The molecule has 0 bridgehead atoms. The molecule has 0 spiro atoms. The number of benzene rings is 7. The van der Waals surface area contributed by atoms with Crippen LogP contribution in [0.15, 0.2) is 176 Å². The number of hydrogen-bond acceptors (Lipinski definition) is 8. The molecule has 0 amide bonds. The van der Waals surface area contributed by atoms with Gasteiger partial charge < -0.3 is 0 Å². The normalized spacial score (nSPS) is 11.1. The molecule has 7 aromatic carbocycles. The van der Waals surface area contributed by atoms with E-state index >= 15 is 0 Å². The van der Waals surface area contributed by atoms with E-state index in [0.29, 0.717) is 40.5 Å². The Hall–Kier alpha value is -7.73. The summed E-state index contributed by atoms with van der Waals surface area (Å²) in [5.41, 5.74) is 7.82. The minimum absolute atomic E-state index is 0.559. The van der Waals surface area contributed by atoms with E-state index < -0.39 is 0 Å². The Morgan fingerprint density at radius 1 is 0.351 bits per heavy atom. The number of thiophene rings is 1. The van der Waals surface area contributed by atoms with Gasteiger partial charge in [0.1, 0.15) is 0 Å². The molecule has 0 unspecified atom stereocenters. The smallest absolute Gasteiger partial charge is 0.164 e. The number of nitriles is 1. The van der Waals surface area contributed by atoms with E-state index in [4.69, 9.17) is 29.9 Å². The first-order valence-electron chi connectivity index (χ1n) is 18.4. The molecule has 0 saturated heterocycles. The van der Waals surface area contributed by atoms with E-state index in [1.54, 1.807) is 11.3 Å². The van der Waals surface area contributed by atoms with Crippen LogP contribution >= 0.6 is 11.3 Å². The second kappa shape index (κ2) is 14.5. The minimum Gasteiger partial charge on any atom is -0.208 e. The van der Waals surface area contributed by atoms with Crippen molar-refractivity contribution in [1.29, 1.82) is 5.26 Å². The summed E-state index contributed by atoms with van der Waals surface area (Å²) in [6, 6.07) is 60.7. The molecule has 0 aliphatic carbocycles. The highest BCUT2D eigenvalue weighted by Gasteiger charge is 2.19. The minimum atomic E-state index is 0.559. The van der Waals surface area contributed by atoms with Crippen LogP contribution in [0.25, 0.3) is 99.6 Å². The molecular weight excluding hydrogens is 719 g/mol. The molecule has 0 atom stereocenters. The number of rotatable bonds is 7. The largest absolute Gasteiger partial charge is 0.208 e. The summed E-state index contributed by atoms with van der Waals surface area (Å²) >= 11 is 1.73. The van der Waals surface area contributed by atoms with Gasteiger partial charge in [-0.05, 0) is 41.5 Å². The fraction of sp³-hybridized carbons (Fsp3) is 0. The SMILES string of the molecule is N#Cc1ccccc1-c1ccc(-c2nc(-c3ccccc3)nc(-c3cccc4sc5ccc(-c6nc(-c7ccccc7)nc(-c7ccccc7)n6)cc5c34)n2)cc1. The van der Waals surface area contributed by atoms with E-state index in [9.17, 15) is 5.26 Å². The summed E-state index contributed by atoms with van der Waals surface area (Å²) in [7, 11) is 0. The third kappa shape index (κ3) is 6.48. The summed E-state index contributed by atoms with van der Waals surface area (Å²) < 4.78 is 2.25. The predicted octanol–water partition coefficient (Wildman–Crippen LogP) is 12.0. The van der Waals surface area contributed by atoms with Crippen LogP contribution in [0.4, 0.5) is 0 Å². The van der Waals surface area contributed by atoms with Crippen molar-refractivity contribution in [3.05, 3.63) is 181 Å². The van der Waals surface area contributed by atoms with Gasteiger partial charge in [0.05, 0.1) is 11.6 Å². The molecular formula is C49H29N7S. The zero-order valence-electron chi connectivity index (χ0n) is 30.3. The summed E-state index contributed by atoms with van der Waals surface area (Å²) in [5, 5.41) is 11.8. The molecule has 0 N–H and O–H groups in total. The van der Waals surface area contributed by atoms with Crippen molar-refractivity contribution in [3.63, 3.8) is 0 Å². The van der Waals surface area contributed by atoms with Crippen LogP contribution in [-0.4, -0.2) is 29.9 Å². The van der Waals surface area contributed by atoms with Crippen LogP contribution in [0.2, 0.25) is 0 Å². The van der Waals surface area contributed by atoms with Gasteiger partial charge >= 0.3 is 0 Å². The Morgan fingerprint density at radius 3 is 1.35 bits per heavy atom. The molecule has 8 heteroatoms. The van der Waals surface area contributed by atoms with Crippen molar-refractivity contribution in [1.82, 2.24) is 29.9 Å². The summed E-state index contributed by atoms with van der Waals surface area (Å²) in [4.78, 5) is 30.2. The lowest BCUT2D eigenvalue weighted by atomic mass is 9.99. The first-order valence-corrected chi connectivity index (χ1v) is 19.2. The van der Waals surface area contributed by atoms with Gasteiger partial charge in [-0.25, -0.2) is 29.9 Å². The van der Waals surface area contributed by atoms with Crippen molar-refractivity contribution in [2.75, 3.05) is 0 Å². The van der Waals surface area contributed by atoms with Crippen LogP contribution in [0.1, 0.15) is 5.56 Å². The summed E-state index contributed by atoms with van der Waals surface area (Å²) in [5.74, 6) is 3.54. The number of aromatic nitrogens is 6. The van der Waals surface area contributed by atoms with Gasteiger partial charge in [-0.2, -0.15) is 5.26 Å². The number of hydrogen-bond donors (Lipinski definition) is 0. The van der Waals surface area contributed by atoms with Crippen molar-refractivity contribution in [2.45, 2.75) is 0 Å². The Labute approximate surface area is 332 Å². The Balaban J connectivity index is 1.13. The molecule has 3 aromatic heterocycles. The van der Waals surface area contributed by atoms with Gasteiger partial charge in [0.25, 0.3) is 0 Å². The zero-order chi connectivity index (χ0) is 38.1. The van der Waals surface area contributed by atoms with Crippen molar-refractivity contribution in [3.8, 4) is 85.5 Å². The molecule has 0 saturated carbocycles. The lowest BCUT2D eigenvalue weighted by molar-refractivity contribution is 1.07. The lowest BCUT2D eigenvalue weighted by Crippen LogP contribution is -2.00. The molecule has 0 aliphatic rings. The molecule has 0 aliphatic heterocycles. The van der Waals surface area contributed by atoms with E-state index in [2.05, 4.69) is 42.5 Å². The standard InChI is InChI=1S/C49H29N7S/c50-30-37-19-10-11-20-38(37)31-23-25-35(26-24-31)47-52-46(34-17-8-3-9-18-34)55-49(56-47)39-21-12-22-42-43(39)40-29-36(27-28-41(40)57-42)48-53-44(32-13-4-1-5-14-32)51-45(54-48)33-15-6-2-7-16-33/h1-29H. The van der Waals surface area contributed by atoms with Crippen molar-refractivity contribution < 1.29 is 0 Å². The van der Waals surface area contributed by atoms with Crippen LogP contribution in [0, 0.1) is 11.3 Å². The lowest BCUT2D eigenvalue weighted by Gasteiger charge is -2.11. The Kier molecular flexibility index (Phi) is 8.60. The van der Waals surface area contributed by atoms with Gasteiger partial charge in [-0.3, -0.25) is 0 Å². The second-order valence-electron chi connectivity index (χ2n) is 13.4. The fourth-order valence-electron chi connectivity index (χ4n) is 7.06. The van der Waals surface area contributed by atoms with Gasteiger partial charge in [-0.1, -0.05) is 146 Å². The molecule has 0 fully saturated rings. The average molecular weight is 748 g/mol. The summed E-state index contributed by atoms with van der Waals surface area (Å²) in [6.45, 7) is 0. The van der Waals surface area contributed by atoms with Gasteiger partial charge in [0.2, 0.25) is 0 Å². The summed E-state index contributed by atoms with van der Waals surface area (Å²) in [6.07, 6.45) is 0. The van der Waals surface area contributed by atoms with Crippen LogP contribution in [0.3, 0.4) is 0 Å². The van der Waals surface area contributed by atoms with Gasteiger partial charge in [0.15, 0.2) is 34.9 Å². The first kappa shape index (κ1) is 33.8. The van der Waals surface area contributed by atoms with Crippen molar-refractivity contribution >= 4 is 31.5 Å². The maximum absolute atomic E-state index is 9.71. The quantitative estimate of drug-likeness (QED) is 0.160. The molecule has 0 radical (unpaired) electrons. The monoisotopic (exact) mass is 747 g/mol. The van der Waals surface area contributed by atoms with Crippen LogP contribution < -0.4 is 0 Å².